The number of sulfonamides is 1. The monoisotopic (exact) mass is 387 g/mol. The molecule has 2 aromatic carbocycles. The Hall–Kier alpha value is -2.51. The summed E-state index contributed by atoms with van der Waals surface area (Å²) in [5.74, 6) is -0.567. The zero-order chi connectivity index (χ0) is 19.4. The first-order chi connectivity index (χ1) is 12.9. The Morgan fingerprint density at radius 1 is 1.04 bits per heavy atom. The van der Waals surface area contributed by atoms with Crippen LogP contribution in [0.25, 0.3) is 11.1 Å². The van der Waals surface area contributed by atoms with Crippen LogP contribution in [0.4, 0.5) is 4.39 Å². The minimum absolute atomic E-state index is 0.181. The Morgan fingerprint density at radius 2 is 1.70 bits per heavy atom. The van der Waals surface area contributed by atoms with Crippen LogP contribution in [0.1, 0.15) is 17.0 Å². The molecule has 0 unspecified atom stereocenters. The quantitative estimate of drug-likeness (QED) is 0.676. The Morgan fingerprint density at radius 3 is 2.37 bits per heavy atom. The second-order valence-electron chi connectivity index (χ2n) is 6.41. The number of hydrogen-bond acceptors (Lipinski definition) is 3. The van der Waals surface area contributed by atoms with Crippen molar-refractivity contribution in [2.45, 2.75) is 26.1 Å². The van der Waals surface area contributed by atoms with Gasteiger partial charge in [0.2, 0.25) is 10.0 Å². The number of nitrogens with zero attached hydrogens (tertiary/aromatic N) is 2. The van der Waals surface area contributed by atoms with E-state index in [0.29, 0.717) is 12.1 Å². The molecular weight excluding hydrogens is 365 g/mol. The van der Waals surface area contributed by atoms with Crippen molar-refractivity contribution < 1.29 is 12.8 Å². The Kier molecular flexibility index (Phi) is 5.72. The van der Waals surface area contributed by atoms with Crippen molar-refractivity contribution in [2.24, 2.45) is 0 Å². The lowest BCUT2D eigenvalue weighted by molar-refractivity contribution is 0.553. The Labute approximate surface area is 158 Å². The van der Waals surface area contributed by atoms with Crippen molar-refractivity contribution in [3.8, 4) is 11.1 Å². The van der Waals surface area contributed by atoms with E-state index in [0.717, 1.165) is 22.5 Å². The molecule has 0 radical (unpaired) electrons. The van der Waals surface area contributed by atoms with Crippen LogP contribution in [0, 0.1) is 19.7 Å². The molecule has 0 amide bonds. The smallest absolute Gasteiger partial charge is 0.215 e. The molecule has 0 saturated carbocycles. The fourth-order valence-electron chi connectivity index (χ4n) is 3.10. The van der Waals surface area contributed by atoms with E-state index in [9.17, 15) is 12.8 Å². The number of rotatable bonds is 7. The van der Waals surface area contributed by atoms with E-state index < -0.39 is 10.0 Å². The van der Waals surface area contributed by atoms with Gasteiger partial charge in [0.15, 0.2) is 0 Å². The second-order valence-corrected chi connectivity index (χ2v) is 8.22. The minimum Gasteiger partial charge on any atom is -0.268 e. The Bertz CT molecular complexity index is 1010. The fraction of sp³-hybridized carbons (Fsp3) is 0.250. The first-order valence-electron chi connectivity index (χ1n) is 8.67. The van der Waals surface area contributed by atoms with Crippen molar-refractivity contribution in [3.05, 3.63) is 77.4 Å². The number of benzene rings is 2. The molecule has 0 aliphatic carbocycles. The third-order valence-electron chi connectivity index (χ3n) is 4.36. The summed E-state index contributed by atoms with van der Waals surface area (Å²) in [4.78, 5) is 0. The number of nitrogens with one attached hydrogen (secondary N) is 1. The van der Waals surface area contributed by atoms with E-state index in [1.165, 1.54) is 24.3 Å². The lowest BCUT2D eigenvalue weighted by Crippen LogP contribution is -2.29. The summed E-state index contributed by atoms with van der Waals surface area (Å²) in [7, 11) is -3.50. The summed E-state index contributed by atoms with van der Waals surface area (Å²) in [5.41, 5.74) is 4.62. The summed E-state index contributed by atoms with van der Waals surface area (Å²) < 4.78 is 41.8. The maximum Gasteiger partial charge on any atom is 0.215 e. The fourth-order valence-corrected chi connectivity index (χ4v) is 4.23. The van der Waals surface area contributed by atoms with E-state index in [4.69, 9.17) is 0 Å². The zero-order valence-electron chi connectivity index (χ0n) is 15.3. The summed E-state index contributed by atoms with van der Waals surface area (Å²) in [6.07, 6.45) is 0. The molecule has 0 spiro atoms. The van der Waals surface area contributed by atoms with Crippen LogP contribution in [0.2, 0.25) is 0 Å². The third-order valence-corrected chi connectivity index (χ3v) is 5.72. The van der Waals surface area contributed by atoms with Gasteiger partial charge in [0.1, 0.15) is 5.82 Å². The molecule has 0 aliphatic heterocycles. The zero-order valence-corrected chi connectivity index (χ0v) is 16.1. The van der Waals surface area contributed by atoms with Crippen LogP contribution in [-0.2, 0) is 22.3 Å². The molecule has 3 rings (SSSR count). The largest absolute Gasteiger partial charge is 0.268 e. The molecule has 0 bridgehead atoms. The van der Waals surface area contributed by atoms with E-state index in [1.54, 1.807) is 0 Å². The molecule has 0 aliphatic rings. The highest BCUT2D eigenvalue weighted by atomic mass is 32.2. The number of aryl methyl sites for hydroxylation is 1. The van der Waals surface area contributed by atoms with Gasteiger partial charge in [-0.3, -0.25) is 4.68 Å². The molecule has 27 heavy (non-hydrogen) atoms. The van der Waals surface area contributed by atoms with Gasteiger partial charge < -0.3 is 0 Å². The lowest BCUT2D eigenvalue weighted by atomic mass is 10.0. The molecule has 1 aromatic heterocycles. The molecule has 1 N–H and O–H groups in total. The van der Waals surface area contributed by atoms with Gasteiger partial charge in [0.05, 0.1) is 18.0 Å². The van der Waals surface area contributed by atoms with Gasteiger partial charge >= 0.3 is 0 Å². The van der Waals surface area contributed by atoms with Gasteiger partial charge in [-0.15, -0.1) is 0 Å². The van der Waals surface area contributed by atoms with E-state index >= 15 is 0 Å². The van der Waals surface area contributed by atoms with Crippen molar-refractivity contribution in [2.75, 3.05) is 6.54 Å². The normalized spacial score (nSPS) is 11.7. The van der Waals surface area contributed by atoms with Crippen LogP contribution in [-0.4, -0.2) is 24.7 Å². The van der Waals surface area contributed by atoms with Crippen molar-refractivity contribution >= 4 is 10.0 Å². The highest BCUT2D eigenvalue weighted by Crippen LogP contribution is 2.26. The summed E-state index contributed by atoms with van der Waals surface area (Å²) in [6.45, 7) is 4.60. The first kappa shape index (κ1) is 19.3. The summed E-state index contributed by atoms with van der Waals surface area (Å²) >= 11 is 0. The lowest BCUT2D eigenvalue weighted by Gasteiger charge is -2.09. The van der Waals surface area contributed by atoms with Crippen LogP contribution in [0.3, 0.4) is 0 Å². The Balaban J connectivity index is 1.64. The van der Waals surface area contributed by atoms with Crippen molar-refractivity contribution in [1.29, 1.82) is 0 Å². The van der Waals surface area contributed by atoms with Gasteiger partial charge in [0, 0.05) is 17.8 Å². The van der Waals surface area contributed by atoms with Gasteiger partial charge in [-0.25, -0.2) is 17.5 Å². The van der Waals surface area contributed by atoms with Crippen LogP contribution < -0.4 is 4.72 Å². The first-order valence-corrected chi connectivity index (χ1v) is 10.3. The maximum absolute atomic E-state index is 12.9. The predicted octanol–water partition coefficient (Wildman–Crippen LogP) is 3.43. The number of hydrogen-bond donors (Lipinski definition) is 1. The topological polar surface area (TPSA) is 64.0 Å². The molecular formula is C20H22FN3O2S. The highest BCUT2D eigenvalue weighted by Gasteiger charge is 2.15. The average molecular weight is 387 g/mol. The SMILES string of the molecule is Cc1nn(CCNS(=O)(=O)Cc2ccc(F)cc2)c(C)c1-c1ccccc1. The molecule has 0 atom stereocenters. The van der Waals surface area contributed by atoms with Crippen molar-refractivity contribution in [3.63, 3.8) is 0 Å². The van der Waals surface area contributed by atoms with Crippen LogP contribution >= 0.6 is 0 Å². The van der Waals surface area contributed by atoms with Gasteiger partial charge in [-0.05, 0) is 37.1 Å². The van der Waals surface area contributed by atoms with Gasteiger partial charge in [-0.2, -0.15) is 5.10 Å². The maximum atomic E-state index is 12.9. The molecule has 3 aromatic rings. The third kappa shape index (κ3) is 4.81. The van der Waals surface area contributed by atoms with Gasteiger partial charge in [0.25, 0.3) is 0 Å². The molecule has 7 heteroatoms. The molecule has 142 valence electrons. The van der Waals surface area contributed by atoms with Crippen LogP contribution in [0.5, 0.6) is 0 Å². The van der Waals surface area contributed by atoms with E-state index in [1.807, 2.05) is 48.9 Å². The average Bonchev–Trinajstić information content (AvgIpc) is 2.91. The minimum atomic E-state index is -3.50. The second kappa shape index (κ2) is 8.02. The molecule has 0 fully saturated rings. The molecule has 5 nitrogen and oxygen atoms in total. The molecule has 1 heterocycles. The highest BCUT2D eigenvalue weighted by molar-refractivity contribution is 7.88. The molecule has 0 saturated heterocycles. The van der Waals surface area contributed by atoms with Gasteiger partial charge in [-0.1, -0.05) is 42.5 Å². The van der Waals surface area contributed by atoms with E-state index in [-0.39, 0.29) is 18.1 Å². The summed E-state index contributed by atoms with van der Waals surface area (Å²) in [6, 6.07) is 15.5. The standard InChI is InChI=1S/C20H22FN3O2S/c1-15-20(18-6-4-3-5-7-18)16(2)24(23-15)13-12-22-27(25,26)14-17-8-10-19(21)11-9-17/h3-11,22H,12-14H2,1-2H3. The number of halogens is 1. The van der Waals surface area contributed by atoms with Crippen molar-refractivity contribution in [1.82, 2.24) is 14.5 Å². The van der Waals surface area contributed by atoms with Crippen LogP contribution in [0.15, 0.2) is 54.6 Å². The number of aromatic nitrogens is 2. The summed E-state index contributed by atoms with van der Waals surface area (Å²) in [5, 5.41) is 4.54. The predicted molar refractivity (Wildman–Crippen MR) is 104 cm³/mol. The van der Waals surface area contributed by atoms with E-state index in [2.05, 4.69) is 9.82 Å².